The van der Waals surface area contributed by atoms with E-state index in [2.05, 4.69) is 5.32 Å². The molecule has 0 saturated carbocycles. The molecule has 1 rings (SSSR count). The number of hydrogen-bond acceptors (Lipinski definition) is 6. The lowest BCUT2D eigenvalue weighted by molar-refractivity contribution is -0.144. The molecule has 0 aromatic carbocycles. The highest BCUT2D eigenvalue weighted by Gasteiger charge is 2.34. The monoisotopic (exact) mass is 401 g/mol. The number of carboxylic acids is 1. The van der Waals surface area contributed by atoms with Gasteiger partial charge in [-0.25, -0.2) is 0 Å². The third-order valence-electron chi connectivity index (χ3n) is 5.99. The van der Waals surface area contributed by atoms with Gasteiger partial charge in [0.25, 0.3) is 0 Å². The first-order valence-corrected chi connectivity index (χ1v) is 10.5. The average Bonchev–Trinajstić information content (AvgIpc) is 2.67. The summed E-state index contributed by atoms with van der Waals surface area (Å²) in [6.45, 7) is 12.1. The SMILES string of the molecule is CCNC(O)C(CC)C(C)C(O)N1CCN(C(=O)C(C)CC(C)C(=O)O)CC1. The van der Waals surface area contributed by atoms with Crippen molar-refractivity contribution in [2.24, 2.45) is 23.7 Å². The molecule has 0 spiro atoms. The van der Waals surface area contributed by atoms with Crippen molar-refractivity contribution in [3.8, 4) is 0 Å². The molecule has 0 radical (unpaired) electrons. The summed E-state index contributed by atoms with van der Waals surface area (Å²) < 4.78 is 0. The molecular formula is C20H39N3O5. The van der Waals surface area contributed by atoms with Crippen molar-refractivity contribution >= 4 is 11.9 Å². The molecule has 4 N–H and O–H groups in total. The number of rotatable bonds is 11. The van der Waals surface area contributed by atoms with E-state index >= 15 is 0 Å². The van der Waals surface area contributed by atoms with Crippen molar-refractivity contribution < 1.29 is 24.9 Å². The fraction of sp³-hybridized carbons (Fsp3) is 0.900. The van der Waals surface area contributed by atoms with Crippen LogP contribution in [0.5, 0.6) is 0 Å². The lowest BCUT2D eigenvalue weighted by Crippen LogP contribution is -2.56. The maximum atomic E-state index is 12.6. The molecule has 0 aliphatic carbocycles. The number of nitrogens with one attached hydrogen (secondary N) is 1. The minimum Gasteiger partial charge on any atom is -0.481 e. The van der Waals surface area contributed by atoms with Gasteiger partial charge < -0.3 is 20.2 Å². The highest BCUT2D eigenvalue weighted by Crippen LogP contribution is 2.25. The van der Waals surface area contributed by atoms with Gasteiger partial charge in [0.1, 0.15) is 12.5 Å². The van der Waals surface area contributed by atoms with Gasteiger partial charge in [0.05, 0.1) is 5.92 Å². The van der Waals surface area contributed by atoms with Crippen LogP contribution in [0.2, 0.25) is 0 Å². The molecule has 1 saturated heterocycles. The normalized spacial score (nSPS) is 22.2. The van der Waals surface area contributed by atoms with E-state index in [4.69, 9.17) is 5.11 Å². The van der Waals surface area contributed by atoms with Crippen LogP contribution < -0.4 is 5.32 Å². The molecule has 1 amide bonds. The Morgan fingerprint density at radius 3 is 2.04 bits per heavy atom. The number of carbonyl (C=O) groups excluding carboxylic acids is 1. The fourth-order valence-corrected chi connectivity index (χ4v) is 4.05. The third kappa shape index (κ3) is 6.69. The maximum Gasteiger partial charge on any atom is 0.306 e. The molecule has 6 unspecified atom stereocenters. The minimum absolute atomic E-state index is 0.0238. The Morgan fingerprint density at radius 2 is 1.57 bits per heavy atom. The summed E-state index contributed by atoms with van der Waals surface area (Å²) in [6.07, 6.45) is -0.252. The van der Waals surface area contributed by atoms with Crippen LogP contribution in [0.4, 0.5) is 0 Å². The molecule has 1 aliphatic heterocycles. The topological polar surface area (TPSA) is 113 Å². The van der Waals surface area contributed by atoms with Gasteiger partial charge in [-0.1, -0.05) is 34.6 Å². The van der Waals surface area contributed by atoms with E-state index in [0.29, 0.717) is 39.1 Å². The van der Waals surface area contributed by atoms with E-state index in [1.165, 1.54) is 0 Å². The van der Waals surface area contributed by atoms with Crippen molar-refractivity contribution in [3.63, 3.8) is 0 Å². The first-order valence-electron chi connectivity index (χ1n) is 10.5. The van der Waals surface area contributed by atoms with Crippen LogP contribution in [0.3, 0.4) is 0 Å². The van der Waals surface area contributed by atoms with Gasteiger partial charge in [0.2, 0.25) is 5.91 Å². The van der Waals surface area contributed by atoms with Crippen molar-refractivity contribution in [2.75, 3.05) is 32.7 Å². The molecule has 8 nitrogen and oxygen atoms in total. The molecule has 0 aromatic rings. The number of nitrogens with zero attached hydrogens (tertiary/aromatic N) is 2. The van der Waals surface area contributed by atoms with Crippen LogP contribution in [0.15, 0.2) is 0 Å². The second-order valence-corrected chi connectivity index (χ2v) is 8.08. The minimum atomic E-state index is -0.883. The van der Waals surface area contributed by atoms with Crippen LogP contribution in [0.1, 0.15) is 47.5 Å². The maximum absolute atomic E-state index is 12.6. The number of carboxylic acid groups (broad SMARTS) is 1. The van der Waals surface area contributed by atoms with E-state index in [9.17, 15) is 19.8 Å². The molecule has 8 heteroatoms. The molecule has 0 bridgehead atoms. The number of piperazine rings is 1. The summed E-state index contributed by atoms with van der Waals surface area (Å²) in [7, 11) is 0. The first kappa shape index (κ1) is 24.8. The molecule has 164 valence electrons. The highest BCUT2D eigenvalue weighted by molar-refractivity contribution is 5.79. The van der Waals surface area contributed by atoms with Crippen molar-refractivity contribution in [3.05, 3.63) is 0 Å². The largest absolute Gasteiger partial charge is 0.481 e. The van der Waals surface area contributed by atoms with Crippen molar-refractivity contribution in [2.45, 2.75) is 59.9 Å². The quantitative estimate of drug-likeness (QED) is 0.379. The Balaban J connectivity index is 2.58. The Morgan fingerprint density at radius 1 is 1.00 bits per heavy atom. The van der Waals surface area contributed by atoms with Gasteiger partial charge in [-0.3, -0.25) is 19.8 Å². The molecular weight excluding hydrogens is 362 g/mol. The van der Waals surface area contributed by atoms with Crippen LogP contribution in [0.25, 0.3) is 0 Å². The molecule has 28 heavy (non-hydrogen) atoms. The zero-order valence-electron chi connectivity index (χ0n) is 18.0. The Hall–Kier alpha value is -1.22. The summed E-state index contributed by atoms with van der Waals surface area (Å²) in [6, 6.07) is 0. The number of amides is 1. The van der Waals surface area contributed by atoms with Crippen LogP contribution in [-0.4, -0.2) is 82.2 Å². The van der Waals surface area contributed by atoms with Crippen molar-refractivity contribution in [1.82, 2.24) is 15.1 Å². The summed E-state index contributed by atoms with van der Waals surface area (Å²) >= 11 is 0. The van der Waals surface area contributed by atoms with Crippen LogP contribution >= 0.6 is 0 Å². The number of aliphatic hydroxyl groups excluding tert-OH is 2. The van der Waals surface area contributed by atoms with Gasteiger partial charge in [-0.15, -0.1) is 0 Å². The molecule has 1 heterocycles. The first-order chi connectivity index (χ1) is 13.1. The zero-order chi connectivity index (χ0) is 21.4. The standard InChI is InChI=1S/C20H39N3O5/c1-6-16(17(24)21-7-2)15(5)19(26)23-10-8-22(9-11-23)18(25)13(3)12-14(4)20(27)28/h13-17,19,21,24,26H,6-12H2,1-5H3,(H,27,28). The Labute approximate surface area is 168 Å². The van der Waals surface area contributed by atoms with Gasteiger partial charge in [0.15, 0.2) is 0 Å². The lowest BCUT2D eigenvalue weighted by Gasteiger charge is -2.42. The van der Waals surface area contributed by atoms with Crippen LogP contribution in [-0.2, 0) is 9.59 Å². The van der Waals surface area contributed by atoms with E-state index < -0.39 is 24.3 Å². The zero-order valence-corrected chi connectivity index (χ0v) is 18.0. The van der Waals surface area contributed by atoms with Gasteiger partial charge in [-0.2, -0.15) is 0 Å². The summed E-state index contributed by atoms with van der Waals surface area (Å²) in [5.41, 5.74) is 0. The molecule has 0 aromatic heterocycles. The predicted octanol–water partition coefficient (Wildman–Crippen LogP) is 0.786. The molecule has 6 atom stereocenters. The summed E-state index contributed by atoms with van der Waals surface area (Å²) in [4.78, 5) is 27.3. The summed E-state index contributed by atoms with van der Waals surface area (Å²) in [5.74, 6) is -1.96. The number of carbonyl (C=O) groups is 2. The second-order valence-electron chi connectivity index (χ2n) is 8.08. The molecule has 1 fully saturated rings. The van der Waals surface area contributed by atoms with E-state index in [1.54, 1.807) is 18.7 Å². The van der Waals surface area contributed by atoms with E-state index in [1.807, 2.05) is 25.7 Å². The number of aliphatic hydroxyl groups is 2. The second kappa shape index (κ2) is 11.7. The van der Waals surface area contributed by atoms with Gasteiger partial charge in [-0.05, 0) is 19.4 Å². The number of hydrogen-bond donors (Lipinski definition) is 4. The third-order valence-corrected chi connectivity index (χ3v) is 5.99. The van der Waals surface area contributed by atoms with E-state index in [0.717, 1.165) is 6.42 Å². The average molecular weight is 402 g/mol. The van der Waals surface area contributed by atoms with Gasteiger partial charge >= 0.3 is 5.97 Å². The molecule has 1 aliphatic rings. The summed E-state index contributed by atoms with van der Waals surface area (Å²) in [5, 5.41) is 33.1. The van der Waals surface area contributed by atoms with E-state index in [-0.39, 0.29) is 23.7 Å². The fourth-order valence-electron chi connectivity index (χ4n) is 4.05. The van der Waals surface area contributed by atoms with Crippen molar-refractivity contribution in [1.29, 1.82) is 0 Å². The highest BCUT2D eigenvalue weighted by atomic mass is 16.4. The van der Waals surface area contributed by atoms with Gasteiger partial charge in [0, 0.05) is 43.9 Å². The predicted molar refractivity (Wildman–Crippen MR) is 107 cm³/mol. The Bertz CT molecular complexity index is 496. The smallest absolute Gasteiger partial charge is 0.306 e. The Kier molecular flexibility index (Phi) is 10.4. The van der Waals surface area contributed by atoms with Crippen LogP contribution in [0, 0.1) is 23.7 Å². The number of aliphatic carboxylic acids is 1. The lowest BCUT2D eigenvalue weighted by atomic mass is 9.87.